The first-order valence-corrected chi connectivity index (χ1v) is 6.16. The lowest BCUT2D eigenvalue weighted by molar-refractivity contribution is -0.135. The van der Waals surface area contributed by atoms with Crippen LogP contribution in [0.4, 0.5) is 0 Å². The fraction of sp³-hybridized carbons (Fsp3) is 0.727. The summed E-state index contributed by atoms with van der Waals surface area (Å²) in [5, 5.41) is 7.18. The van der Waals surface area contributed by atoms with E-state index in [1.54, 1.807) is 4.68 Å². The average Bonchev–Trinajstić information content (AvgIpc) is 2.81. The first kappa shape index (κ1) is 13.0. The minimum absolute atomic E-state index is 0.184. The van der Waals surface area contributed by atoms with Crippen LogP contribution in [0.5, 0.6) is 0 Å². The Morgan fingerprint density at radius 1 is 1.50 bits per heavy atom. The summed E-state index contributed by atoms with van der Waals surface area (Å²) in [6.45, 7) is 4.01. The quantitative estimate of drug-likeness (QED) is 0.692. The number of morpholine rings is 1. The van der Waals surface area contributed by atoms with E-state index in [4.69, 9.17) is 4.74 Å². The molecule has 1 saturated heterocycles. The van der Waals surface area contributed by atoms with Crippen LogP contribution >= 0.6 is 0 Å². The number of rotatable bonds is 5. The van der Waals surface area contributed by atoms with Crippen LogP contribution in [-0.4, -0.2) is 58.4 Å². The molecule has 0 bridgehead atoms. The van der Waals surface area contributed by atoms with Crippen LogP contribution < -0.4 is 5.32 Å². The summed E-state index contributed by atoms with van der Waals surface area (Å²) in [5.74, 6) is 1.05. The van der Waals surface area contributed by atoms with Crippen molar-refractivity contribution >= 4 is 5.91 Å². The van der Waals surface area contributed by atoms with Gasteiger partial charge in [0, 0.05) is 33.1 Å². The monoisotopic (exact) mass is 253 g/mol. The molecule has 0 unspecified atom stereocenters. The summed E-state index contributed by atoms with van der Waals surface area (Å²) in [5.41, 5.74) is 0. The van der Waals surface area contributed by atoms with Gasteiger partial charge < -0.3 is 15.0 Å². The third kappa shape index (κ3) is 3.51. The van der Waals surface area contributed by atoms with Gasteiger partial charge in [-0.15, -0.1) is 0 Å². The van der Waals surface area contributed by atoms with Crippen molar-refractivity contribution in [2.24, 2.45) is 7.05 Å². The molecule has 0 aliphatic carbocycles. The molecule has 1 aliphatic heterocycles. The number of carbonyl (C=O) groups excluding carboxylic acids is 1. The van der Waals surface area contributed by atoms with Crippen LogP contribution in [0.2, 0.25) is 0 Å². The summed E-state index contributed by atoms with van der Waals surface area (Å²) < 4.78 is 6.93. The second-order valence-electron chi connectivity index (χ2n) is 4.22. The Hall–Kier alpha value is -1.47. The van der Waals surface area contributed by atoms with Gasteiger partial charge in [0.25, 0.3) is 0 Å². The number of nitrogens with zero attached hydrogens (tertiary/aromatic N) is 4. The number of ether oxygens (including phenoxy) is 1. The third-order valence-corrected chi connectivity index (χ3v) is 2.97. The summed E-state index contributed by atoms with van der Waals surface area (Å²) in [7, 11) is 1.85. The maximum Gasteiger partial charge on any atom is 0.224 e. The molecular formula is C11H19N5O2. The van der Waals surface area contributed by atoms with Crippen LogP contribution in [0, 0.1) is 0 Å². The van der Waals surface area contributed by atoms with E-state index in [0.29, 0.717) is 45.8 Å². The van der Waals surface area contributed by atoms with Gasteiger partial charge in [-0.2, -0.15) is 5.10 Å². The lowest BCUT2D eigenvalue weighted by Crippen LogP contribution is -2.41. The van der Waals surface area contributed by atoms with Crippen molar-refractivity contribution in [3.05, 3.63) is 12.2 Å². The predicted octanol–water partition coefficient (Wildman–Crippen LogP) is -0.846. The molecule has 1 aromatic heterocycles. The Morgan fingerprint density at radius 3 is 2.94 bits per heavy atom. The highest BCUT2D eigenvalue weighted by Crippen LogP contribution is 1.99. The van der Waals surface area contributed by atoms with Crippen LogP contribution in [0.25, 0.3) is 0 Å². The zero-order valence-electron chi connectivity index (χ0n) is 10.6. The number of aryl methyl sites for hydroxylation is 1. The molecule has 1 aliphatic rings. The van der Waals surface area contributed by atoms with Crippen molar-refractivity contribution in [1.29, 1.82) is 0 Å². The highest BCUT2D eigenvalue weighted by molar-refractivity contribution is 5.76. The molecule has 0 aromatic carbocycles. The number of carbonyl (C=O) groups is 1. The second-order valence-corrected chi connectivity index (χ2v) is 4.22. The van der Waals surface area contributed by atoms with Gasteiger partial charge in [0.15, 0.2) is 0 Å². The first-order valence-electron chi connectivity index (χ1n) is 6.16. The zero-order chi connectivity index (χ0) is 12.8. The van der Waals surface area contributed by atoms with E-state index in [9.17, 15) is 4.79 Å². The fourth-order valence-corrected chi connectivity index (χ4v) is 1.85. The average molecular weight is 253 g/mol. The summed E-state index contributed by atoms with van der Waals surface area (Å²) >= 11 is 0. The Labute approximate surface area is 106 Å². The molecule has 18 heavy (non-hydrogen) atoms. The molecular weight excluding hydrogens is 234 g/mol. The Kier molecular flexibility index (Phi) is 4.66. The summed E-state index contributed by atoms with van der Waals surface area (Å²) in [6, 6.07) is 0. The molecule has 1 amide bonds. The van der Waals surface area contributed by atoms with E-state index < -0.39 is 0 Å². The van der Waals surface area contributed by atoms with Crippen LogP contribution in [-0.2, 0) is 23.1 Å². The minimum Gasteiger partial charge on any atom is -0.378 e. The van der Waals surface area contributed by atoms with Crippen molar-refractivity contribution in [3.63, 3.8) is 0 Å². The summed E-state index contributed by atoms with van der Waals surface area (Å²) in [6.07, 6.45) is 2.04. The molecule has 2 heterocycles. The van der Waals surface area contributed by atoms with Crippen molar-refractivity contribution < 1.29 is 9.53 Å². The number of hydrogen-bond acceptors (Lipinski definition) is 5. The molecule has 0 radical (unpaired) electrons. The first-order chi connectivity index (χ1) is 8.77. The molecule has 1 N–H and O–H groups in total. The molecule has 0 atom stereocenters. The molecule has 0 spiro atoms. The molecule has 7 nitrogen and oxygen atoms in total. The van der Waals surface area contributed by atoms with Crippen molar-refractivity contribution in [2.45, 2.75) is 13.0 Å². The summed E-state index contributed by atoms with van der Waals surface area (Å²) in [4.78, 5) is 17.8. The lowest BCUT2D eigenvalue weighted by atomic mass is 10.3. The molecule has 2 rings (SSSR count). The third-order valence-electron chi connectivity index (χ3n) is 2.97. The standard InChI is InChI=1S/C11H19N5O2/c1-15-10(13-9-14-15)8-12-3-2-11(17)16-4-6-18-7-5-16/h9,12H,2-8H2,1H3. The Balaban J connectivity index is 1.63. The number of hydrogen-bond donors (Lipinski definition) is 1. The van der Waals surface area contributed by atoms with Gasteiger partial charge in [-0.05, 0) is 0 Å². The van der Waals surface area contributed by atoms with Crippen LogP contribution in [0.1, 0.15) is 12.2 Å². The minimum atomic E-state index is 0.184. The van der Waals surface area contributed by atoms with E-state index in [-0.39, 0.29) is 5.91 Å². The van der Waals surface area contributed by atoms with E-state index in [1.165, 1.54) is 6.33 Å². The number of nitrogens with one attached hydrogen (secondary N) is 1. The second kappa shape index (κ2) is 6.46. The highest BCUT2D eigenvalue weighted by Gasteiger charge is 2.15. The van der Waals surface area contributed by atoms with E-state index in [2.05, 4.69) is 15.4 Å². The smallest absolute Gasteiger partial charge is 0.224 e. The normalized spacial score (nSPS) is 15.9. The maximum absolute atomic E-state index is 11.8. The number of aromatic nitrogens is 3. The number of amides is 1. The lowest BCUT2D eigenvalue weighted by Gasteiger charge is -2.26. The van der Waals surface area contributed by atoms with Crippen molar-refractivity contribution in [1.82, 2.24) is 25.0 Å². The zero-order valence-corrected chi connectivity index (χ0v) is 10.6. The molecule has 100 valence electrons. The van der Waals surface area contributed by atoms with Gasteiger partial charge in [0.1, 0.15) is 12.2 Å². The van der Waals surface area contributed by atoms with Gasteiger partial charge in [0.05, 0.1) is 19.8 Å². The van der Waals surface area contributed by atoms with Gasteiger partial charge in [-0.1, -0.05) is 0 Å². The van der Waals surface area contributed by atoms with E-state index >= 15 is 0 Å². The van der Waals surface area contributed by atoms with E-state index in [0.717, 1.165) is 5.82 Å². The van der Waals surface area contributed by atoms with Crippen LogP contribution in [0.15, 0.2) is 6.33 Å². The highest BCUT2D eigenvalue weighted by atomic mass is 16.5. The molecule has 0 saturated carbocycles. The SMILES string of the molecule is Cn1ncnc1CNCCC(=O)N1CCOCC1. The van der Waals surface area contributed by atoms with Gasteiger partial charge in [0.2, 0.25) is 5.91 Å². The van der Waals surface area contributed by atoms with Crippen LogP contribution in [0.3, 0.4) is 0 Å². The van der Waals surface area contributed by atoms with Gasteiger partial charge >= 0.3 is 0 Å². The van der Waals surface area contributed by atoms with Crippen molar-refractivity contribution in [3.8, 4) is 0 Å². The van der Waals surface area contributed by atoms with E-state index in [1.807, 2.05) is 11.9 Å². The Morgan fingerprint density at radius 2 is 2.28 bits per heavy atom. The maximum atomic E-state index is 11.8. The molecule has 1 fully saturated rings. The van der Waals surface area contributed by atoms with Gasteiger partial charge in [-0.25, -0.2) is 4.98 Å². The largest absolute Gasteiger partial charge is 0.378 e. The predicted molar refractivity (Wildman–Crippen MR) is 64.7 cm³/mol. The topological polar surface area (TPSA) is 72.3 Å². The van der Waals surface area contributed by atoms with Gasteiger partial charge in [-0.3, -0.25) is 9.48 Å². The Bertz CT molecular complexity index is 387. The molecule has 7 heteroatoms. The fourth-order valence-electron chi connectivity index (χ4n) is 1.85. The molecule has 1 aromatic rings. The van der Waals surface area contributed by atoms with Crippen molar-refractivity contribution in [2.75, 3.05) is 32.8 Å².